The molecule has 1 saturated heterocycles. The Morgan fingerprint density at radius 1 is 1.26 bits per heavy atom. The molecule has 0 aromatic rings. The van der Waals surface area contributed by atoms with Crippen LogP contribution in [0.25, 0.3) is 0 Å². The van der Waals surface area contributed by atoms with Crippen molar-refractivity contribution in [1.29, 1.82) is 0 Å². The number of carbonyl (C=O) groups excluding carboxylic acids is 2. The van der Waals surface area contributed by atoms with Gasteiger partial charge < -0.3 is 19.3 Å². The second-order valence-electron chi connectivity index (χ2n) is 10.7. The van der Waals surface area contributed by atoms with Crippen LogP contribution in [-0.4, -0.2) is 48.4 Å². The van der Waals surface area contributed by atoms with Crippen molar-refractivity contribution < 1.29 is 33.6 Å². The van der Waals surface area contributed by atoms with Gasteiger partial charge in [0, 0.05) is 26.0 Å². The van der Waals surface area contributed by atoms with Crippen LogP contribution in [0.5, 0.6) is 0 Å². The van der Waals surface area contributed by atoms with E-state index in [9.17, 15) is 14.7 Å². The summed E-state index contributed by atoms with van der Waals surface area (Å²) in [6.07, 6.45) is 6.68. The third kappa shape index (κ3) is 5.27. The third-order valence-corrected chi connectivity index (χ3v) is 8.42. The van der Waals surface area contributed by atoms with Crippen molar-refractivity contribution >= 4 is 11.9 Å². The average molecular weight is 491 g/mol. The Labute approximate surface area is 209 Å². The van der Waals surface area contributed by atoms with E-state index < -0.39 is 36.0 Å². The highest BCUT2D eigenvalue weighted by Gasteiger charge is 2.69. The molecule has 1 unspecified atom stereocenters. The minimum atomic E-state index is -1.02. The summed E-state index contributed by atoms with van der Waals surface area (Å²) in [6.45, 7) is 15.8. The second-order valence-corrected chi connectivity index (χ2v) is 10.7. The fraction of sp³-hybridized carbons (Fsp3) is 0.714. The number of rotatable bonds is 9. The number of allylic oxidation sites excluding steroid dienone is 3. The second kappa shape index (κ2) is 11.0. The fourth-order valence-corrected chi connectivity index (χ4v) is 6.35. The van der Waals surface area contributed by atoms with Gasteiger partial charge in [0.05, 0.1) is 17.6 Å². The van der Waals surface area contributed by atoms with Crippen LogP contribution < -0.4 is 0 Å². The Hall–Kier alpha value is -1.96. The van der Waals surface area contributed by atoms with E-state index in [1.54, 1.807) is 6.08 Å². The Morgan fingerprint density at radius 2 is 1.94 bits per heavy atom. The van der Waals surface area contributed by atoms with Gasteiger partial charge in [-0.1, -0.05) is 51.5 Å². The molecule has 1 aliphatic heterocycles. The molecule has 0 aromatic heterocycles. The molecule has 7 nitrogen and oxygen atoms in total. The summed E-state index contributed by atoms with van der Waals surface area (Å²) in [5.41, 5.74) is 0.645. The smallest absolute Gasteiger partial charge is 0.305 e. The maximum Gasteiger partial charge on any atom is 0.305 e. The van der Waals surface area contributed by atoms with E-state index in [-0.39, 0.29) is 23.4 Å². The summed E-state index contributed by atoms with van der Waals surface area (Å²) in [4.78, 5) is 24.1. The zero-order valence-corrected chi connectivity index (χ0v) is 22.0. The van der Waals surface area contributed by atoms with Gasteiger partial charge >= 0.3 is 11.9 Å². The first kappa shape index (κ1) is 27.6. The van der Waals surface area contributed by atoms with E-state index in [0.29, 0.717) is 25.0 Å². The van der Waals surface area contributed by atoms with Crippen molar-refractivity contribution in [3.63, 3.8) is 0 Å². The van der Waals surface area contributed by atoms with Crippen LogP contribution in [0, 0.1) is 22.7 Å². The van der Waals surface area contributed by atoms with E-state index in [1.165, 1.54) is 13.8 Å². The van der Waals surface area contributed by atoms with Gasteiger partial charge in [-0.2, -0.15) is 0 Å². The van der Waals surface area contributed by atoms with E-state index in [1.807, 2.05) is 13.0 Å². The molecule has 0 radical (unpaired) electrons. The molecule has 1 saturated carbocycles. The molecule has 196 valence electrons. The number of esters is 2. The lowest BCUT2D eigenvalue weighted by Crippen LogP contribution is -2.61. The topological polar surface area (TPSA) is 91.3 Å². The molecule has 0 amide bonds. The molecule has 3 aliphatic rings. The highest BCUT2D eigenvalue weighted by atomic mass is 16.8. The Balaban J connectivity index is 2.17. The standard InChI is InChI=1S/C28H42O7/c1-8-10-13-32-23-16-28-22(25(33-19(5)29)35-26(28)34-20(6)30)14-21(31)15-24(28)27(7,18(23)4)12-11-17(3)9-2/h9,11,14,18,21,23-26,31H,2,8,10,12-13,15-16H2,1,3-7H3/b17-11-/t18-,21+,23+,24+,25+,26-,27-,28?/m1/s1. The SMILES string of the molecule is C=C/C(C)=C\C[C@]1(C)[C@H](C)[C@@H](OCCCC)CC23C(=C[C@H](O)C[C@H]21)[C@@H](OC(C)=O)O[C@H]3OC(C)=O. The number of hydrogen-bond donors (Lipinski definition) is 1. The number of aliphatic hydroxyl groups is 1. The quantitative estimate of drug-likeness (QED) is 0.214. The molecule has 0 aromatic carbocycles. The van der Waals surface area contributed by atoms with Crippen LogP contribution in [0.4, 0.5) is 0 Å². The monoisotopic (exact) mass is 490 g/mol. The van der Waals surface area contributed by atoms with Crippen LogP contribution >= 0.6 is 0 Å². The summed E-state index contributed by atoms with van der Waals surface area (Å²) in [6, 6.07) is 0. The van der Waals surface area contributed by atoms with Gasteiger partial charge in [0.2, 0.25) is 12.6 Å². The molecule has 3 rings (SSSR count). The largest absolute Gasteiger partial charge is 0.435 e. The van der Waals surface area contributed by atoms with Gasteiger partial charge in [0.25, 0.3) is 0 Å². The van der Waals surface area contributed by atoms with Crippen molar-refractivity contribution in [3.05, 3.63) is 36.0 Å². The predicted octanol–water partition coefficient (Wildman–Crippen LogP) is 4.84. The number of ether oxygens (including phenoxy) is 4. The maximum absolute atomic E-state index is 12.2. The minimum Gasteiger partial charge on any atom is -0.435 e. The lowest BCUT2D eigenvalue weighted by Gasteiger charge is -2.60. The van der Waals surface area contributed by atoms with Crippen molar-refractivity contribution in [1.82, 2.24) is 0 Å². The third-order valence-electron chi connectivity index (χ3n) is 8.42. The zero-order valence-electron chi connectivity index (χ0n) is 22.0. The first-order valence-corrected chi connectivity index (χ1v) is 12.8. The molecule has 2 fully saturated rings. The molecule has 1 heterocycles. The summed E-state index contributed by atoms with van der Waals surface area (Å²) in [5, 5.41) is 11.0. The van der Waals surface area contributed by atoms with Crippen LogP contribution in [-0.2, 0) is 28.5 Å². The number of aliphatic hydroxyl groups excluding tert-OH is 1. The van der Waals surface area contributed by atoms with Crippen LogP contribution in [0.1, 0.15) is 73.6 Å². The number of unbranched alkanes of at least 4 members (excludes halogenated alkanes) is 1. The minimum absolute atomic E-state index is 0.107. The normalized spacial score (nSPS) is 38.7. The van der Waals surface area contributed by atoms with E-state index in [2.05, 4.69) is 33.4 Å². The lowest BCUT2D eigenvalue weighted by atomic mass is 9.45. The average Bonchev–Trinajstić information content (AvgIpc) is 3.06. The molecule has 1 spiro atoms. The molecule has 2 aliphatic carbocycles. The summed E-state index contributed by atoms with van der Waals surface area (Å²) >= 11 is 0. The van der Waals surface area contributed by atoms with Gasteiger partial charge in [-0.25, -0.2) is 0 Å². The first-order valence-electron chi connectivity index (χ1n) is 12.8. The molecule has 0 bridgehead atoms. The summed E-state index contributed by atoms with van der Waals surface area (Å²) in [7, 11) is 0. The van der Waals surface area contributed by atoms with Gasteiger partial charge in [0.1, 0.15) is 0 Å². The summed E-state index contributed by atoms with van der Waals surface area (Å²) < 4.78 is 23.9. The number of carbonyl (C=O) groups is 2. The molecule has 1 N–H and O–H groups in total. The molecule has 8 atom stereocenters. The van der Waals surface area contributed by atoms with Gasteiger partial charge in [-0.3, -0.25) is 14.3 Å². The first-order chi connectivity index (χ1) is 16.5. The molecule has 35 heavy (non-hydrogen) atoms. The Kier molecular flexibility index (Phi) is 8.66. The van der Waals surface area contributed by atoms with Crippen molar-refractivity contribution in [2.75, 3.05) is 6.61 Å². The van der Waals surface area contributed by atoms with Crippen molar-refractivity contribution in [3.8, 4) is 0 Å². The highest BCUT2D eigenvalue weighted by Crippen LogP contribution is 2.67. The highest BCUT2D eigenvalue weighted by molar-refractivity contribution is 5.67. The van der Waals surface area contributed by atoms with Crippen molar-refractivity contribution in [2.24, 2.45) is 22.7 Å². The van der Waals surface area contributed by atoms with Crippen LogP contribution in [0.15, 0.2) is 36.0 Å². The molecular formula is C28H42O7. The van der Waals surface area contributed by atoms with Gasteiger partial charge in [-0.05, 0) is 55.9 Å². The van der Waals surface area contributed by atoms with Gasteiger partial charge in [0.15, 0.2) is 0 Å². The maximum atomic E-state index is 12.2. The zero-order chi connectivity index (χ0) is 26.0. The van der Waals surface area contributed by atoms with E-state index in [0.717, 1.165) is 24.8 Å². The van der Waals surface area contributed by atoms with E-state index in [4.69, 9.17) is 18.9 Å². The van der Waals surface area contributed by atoms with Crippen LogP contribution in [0.2, 0.25) is 0 Å². The van der Waals surface area contributed by atoms with Crippen molar-refractivity contribution in [2.45, 2.75) is 98.4 Å². The Bertz CT molecular complexity index is 877. The molecule has 7 heteroatoms. The van der Waals surface area contributed by atoms with Gasteiger partial charge in [-0.15, -0.1) is 0 Å². The Morgan fingerprint density at radius 3 is 2.54 bits per heavy atom. The fourth-order valence-electron chi connectivity index (χ4n) is 6.35. The lowest BCUT2D eigenvalue weighted by molar-refractivity contribution is -0.247. The number of hydrogen-bond acceptors (Lipinski definition) is 7. The van der Waals surface area contributed by atoms with E-state index >= 15 is 0 Å². The van der Waals surface area contributed by atoms with Crippen LogP contribution in [0.3, 0.4) is 0 Å². The predicted molar refractivity (Wildman–Crippen MR) is 132 cm³/mol. The molecular weight excluding hydrogens is 448 g/mol. The summed E-state index contributed by atoms with van der Waals surface area (Å²) in [5.74, 6) is -0.924.